The molecule has 0 aromatic carbocycles. The predicted molar refractivity (Wildman–Crippen MR) is 81.9 cm³/mol. The maximum atomic E-state index is 2.43. The van der Waals surface area contributed by atoms with Gasteiger partial charge in [0.05, 0.1) is 6.17 Å². The third-order valence-corrected chi connectivity index (χ3v) is 3.33. The highest BCUT2D eigenvalue weighted by Crippen LogP contribution is 2.14. The molecule has 0 bridgehead atoms. The Labute approximate surface area is 118 Å². The van der Waals surface area contributed by atoms with Crippen molar-refractivity contribution in [2.24, 2.45) is 0 Å². The lowest BCUT2D eigenvalue weighted by atomic mass is 10.1. The van der Waals surface area contributed by atoms with Gasteiger partial charge in [0.1, 0.15) is 0 Å². The van der Waals surface area contributed by atoms with Crippen LogP contribution in [0.5, 0.6) is 0 Å². The second-order valence-corrected chi connectivity index (χ2v) is 4.60. The van der Waals surface area contributed by atoms with Gasteiger partial charge >= 0.3 is 0 Å². The second-order valence-electron chi connectivity index (χ2n) is 4.60. The Morgan fingerprint density at radius 3 is 2.19 bits per heavy atom. The summed E-state index contributed by atoms with van der Waals surface area (Å²) >= 11 is 0. The summed E-state index contributed by atoms with van der Waals surface area (Å²) in [6.45, 7) is 5.75. The molecule has 1 unspecified atom stereocenters. The van der Waals surface area contributed by atoms with E-state index in [2.05, 4.69) is 43.1 Å². The standard InChI is InChI=1S/C13H26N2.HI/c1-4-5-6-7-8-9-10-15-12-11-14(3)13(15)2;/h11-13H,4-10H2,1-3H3;1H. The molecule has 3 heteroatoms. The quantitative estimate of drug-likeness (QED) is 0.511. The molecule has 1 aliphatic heterocycles. The number of hydrogen-bond donors (Lipinski definition) is 0. The van der Waals surface area contributed by atoms with Crippen molar-refractivity contribution in [2.75, 3.05) is 13.6 Å². The van der Waals surface area contributed by atoms with Gasteiger partial charge in [0.15, 0.2) is 0 Å². The van der Waals surface area contributed by atoms with Crippen LogP contribution < -0.4 is 0 Å². The van der Waals surface area contributed by atoms with Crippen LogP contribution in [0.1, 0.15) is 52.4 Å². The lowest BCUT2D eigenvalue weighted by Gasteiger charge is -2.26. The van der Waals surface area contributed by atoms with Crippen molar-refractivity contribution in [1.82, 2.24) is 9.80 Å². The topological polar surface area (TPSA) is 6.48 Å². The molecule has 1 heterocycles. The fraction of sp³-hybridized carbons (Fsp3) is 0.846. The Morgan fingerprint density at radius 1 is 1.00 bits per heavy atom. The molecule has 0 aliphatic carbocycles. The van der Waals surface area contributed by atoms with Gasteiger partial charge in [-0.1, -0.05) is 39.0 Å². The van der Waals surface area contributed by atoms with Crippen LogP contribution in [-0.2, 0) is 0 Å². The van der Waals surface area contributed by atoms with Gasteiger partial charge < -0.3 is 9.80 Å². The maximum Gasteiger partial charge on any atom is 0.0974 e. The second kappa shape index (κ2) is 9.14. The van der Waals surface area contributed by atoms with Crippen LogP contribution in [0.15, 0.2) is 12.4 Å². The Hall–Kier alpha value is 0.0700. The first-order valence-corrected chi connectivity index (χ1v) is 6.41. The lowest BCUT2D eigenvalue weighted by molar-refractivity contribution is 0.192. The Bertz CT molecular complexity index is 194. The van der Waals surface area contributed by atoms with Crippen molar-refractivity contribution in [3.05, 3.63) is 12.4 Å². The molecule has 1 rings (SSSR count). The molecule has 16 heavy (non-hydrogen) atoms. The van der Waals surface area contributed by atoms with Crippen molar-refractivity contribution < 1.29 is 0 Å². The van der Waals surface area contributed by atoms with Crippen LogP contribution in [0.4, 0.5) is 0 Å². The third-order valence-electron chi connectivity index (χ3n) is 3.33. The van der Waals surface area contributed by atoms with Gasteiger partial charge in [0.2, 0.25) is 0 Å². The Balaban J connectivity index is 0.00000225. The summed E-state index contributed by atoms with van der Waals surface area (Å²) in [5.74, 6) is 0. The van der Waals surface area contributed by atoms with Crippen LogP contribution in [0.3, 0.4) is 0 Å². The van der Waals surface area contributed by atoms with Crippen molar-refractivity contribution >= 4 is 24.0 Å². The number of unbranched alkanes of at least 4 members (excludes halogenated alkanes) is 5. The van der Waals surface area contributed by atoms with Gasteiger partial charge in [-0.3, -0.25) is 0 Å². The monoisotopic (exact) mass is 338 g/mol. The van der Waals surface area contributed by atoms with Crippen LogP contribution in [0, 0.1) is 0 Å². The molecule has 2 nitrogen and oxygen atoms in total. The molecule has 0 aromatic heterocycles. The zero-order valence-electron chi connectivity index (χ0n) is 11.0. The lowest BCUT2D eigenvalue weighted by Crippen LogP contribution is -2.34. The molecule has 0 radical (unpaired) electrons. The van der Waals surface area contributed by atoms with Crippen LogP contribution in [-0.4, -0.2) is 29.6 Å². The Morgan fingerprint density at radius 2 is 1.62 bits per heavy atom. The summed E-state index contributed by atoms with van der Waals surface area (Å²) in [6, 6.07) is 0. The minimum absolute atomic E-state index is 0. The summed E-state index contributed by atoms with van der Waals surface area (Å²) in [7, 11) is 2.14. The van der Waals surface area contributed by atoms with Crippen molar-refractivity contribution in [3.63, 3.8) is 0 Å². The van der Waals surface area contributed by atoms with E-state index in [-0.39, 0.29) is 24.0 Å². The van der Waals surface area contributed by atoms with Crippen molar-refractivity contribution in [1.29, 1.82) is 0 Å². The first-order valence-electron chi connectivity index (χ1n) is 6.41. The maximum absolute atomic E-state index is 2.43. The molecule has 0 amide bonds. The Kier molecular flexibility index (Phi) is 9.18. The molecule has 0 N–H and O–H groups in total. The zero-order valence-corrected chi connectivity index (χ0v) is 13.3. The third kappa shape index (κ3) is 5.41. The van der Waals surface area contributed by atoms with Crippen molar-refractivity contribution in [2.45, 2.75) is 58.5 Å². The average Bonchev–Trinajstić information content (AvgIpc) is 2.54. The van der Waals surface area contributed by atoms with E-state index < -0.39 is 0 Å². The zero-order chi connectivity index (χ0) is 11.1. The summed E-state index contributed by atoms with van der Waals surface area (Å²) in [6.07, 6.45) is 13.3. The van der Waals surface area contributed by atoms with Gasteiger partial charge in [0, 0.05) is 26.0 Å². The highest BCUT2D eigenvalue weighted by molar-refractivity contribution is 14.0. The highest BCUT2D eigenvalue weighted by atomic mass is 127. The molecular weight excluding hydrogens is 311 g/mol. The van der Waals surface area contributed by atoms with Crippen molar-refractivity contribution in [3.8, 4) is 0 Å². The summed E-state index contributed by atoms with van der Waals surface area (Å²) in [5, 5.41) is 0. The first-order chi connectivity index (χ1) is 7.25. The van der Waals surface area contributed by atoms with E-state index in [1.165, 1.54) is 45.1 Å². The van der Waals surface area contributed by atoms with Gasteiger partial charge in [-0.2, -0.15) is 0 Å². The van der Waals surface area contributed by atoms with E-state index in [4.69, 9.17) is 0 Å². The SMILES string of the molecule is CCCCCCCCN1C=CN(C)C1C.I. The minimum atomic E-state index is 0. The van der Waals surface area contributed by atoms with Gasteiger partial charge in [-0.05, 0) is 13.3 Å². The fourth-order valence-electron chi connectivity index (χ4n) is 2.01. The molecule has 0 saturated carbocycles. The smallest absolute Gasteiger partial charge is 0.0974 e. The largest absolute Gasteiger partial charge is 0.359 e. The first kappa shape index (κ1) is 16.1. The van der Waals surface area contributed by atoms with Crippen LogP contribution in [0.25, 0.3) is 0 Å². The summed E-state index contributed by atoms with van der Waals surface area (Å²) in [4.78, 5) is 4.69. The summed E-state index contributed by atoms with van der Waals surface area (Å²) < 4.78 is 0. The van der Waals surface area contributed by atoms with E-state index in [0.717, 1.165) is 0 Å². The fourth-order valence-corrected chi connectivity index (χ4v) is 2.01. The number of halogens is 1. The van der Waals surface area contributed by atoms with E-state index >= 15 is 0 Å². The van der Waals surface area contributed by atoms with E-state index in [1.807, 2.05) is 0 Å². The highest BCUT2D eigenvalue weighted by Gasteiger charge is 2.17. The van der Waals surface area contributed by atoms with Gasteiger partial charge in [-0.15, -0.1) is 24.0 Å². The number of hydrogen-bond acceptors (Lipinski definition) is 2. The molecule has 1 aliphatic rings. The van der Waals surface area contributed by atoms with E-state index in [0.29, 0.717) is 6.17 Å². The van der Waals surface area contributed by atoms with Gasteiger partial charge in [-0.25, -0.2) is 0 Å². The normalized spacial score (nSPS) is 19.1. The molecule has 0 spiro atoms. The minimum Gasteiger partial charge on any atom is -0.359 e. The molecular formula is C13H27IN2. The number of nitrogens with zero attached hydrogens (tertiary/aromatic N) is 2. The van der Waals surface area contributed by atoms with Crippen LogP contribution >= 0.6 is 24.0 Å². The van der Waals surface area contributed by atoms with E-state index in [9.17, 15) is 0 Å². The molecule has 1 atom stereocenters. The molecule has 0 aromatic rings. The summed E-state index contributed by atoms with van der Waals surface area (Å²) in [5.41, 5.74) is 0. The van der Waals surface area contributed by atoms with E-state index in [1.54, 1.807) is 0 Å². The van der Waals surface area contributed by atoms with Gasteiger partial charge in [0.25, 0.3) is 0 Å². The average molecular weight is 338 g/mol. The number of rotatable bonds is 7. The predicted octanol–water partition coefficient (Wildman–Crippen LogP) is 4.03. The molecule has 0 saturated heterocycles. The molecule has 0 fully saturated rings. The molecule has 96 valence electrons. The van der Waals surface area contributed by atoms with Crippen LogP contribution in [0.2, 0.25) is 0 Å².